The van der Waals surface area contributed by atoms with Crippen molar-refractivity contribution >= 4 is 16.8 Å². The Hall–Kier alpha value is -1.81. The SMILES string of the molecule is CC(C)n1cc(CN2CCC[C@H](CCC(=O)NC3CC3)C2)c2ccccc21. The van der Waals surface area contributed by atoms with E-state index in [0.29, 0.717) is 24.4 Å². The molecular weight excluding hydrogens is 334 g/mol. The molecule has 0 spiro atoms. The second kappa shape index (κ2) is 8.05. The van der Waals surface area contributed by atoms with Crippen LogP contribution in [-0.2, 0) is 11.3 Å². The fourth-order valence-corrected chi connectivity index (χ4v) is 4.46. The van der Waals surface area contributed by atoms with Crippen LogP contribution in [0, 0.1) is 5.92 Å². The minimum absolute atomic E-state index is 0.259. The van der Waals surface area contributed by atoms with Crippen molar-refractivity contribution in [1.82, 2.24) is 14.8 Å². The number of aromatic nitrogens is 1. The number of para-hydroxylation sites is 1. The highest BCUT2D eigenvalue weighted by molar-refractivity contribution is 5.84. The number of carbonyl (C=O) groups is 1. The summed E-state index contributed by atoms with van der Waals surface area (Å²) in [5, 5.41) is 4.51. The van der Waals surface area contributed by atoms with Gasteiger partial charge in [0.2, 0.25) is 5.91 Å². The van der Waals surface area contributed by atoms with Crippen molar-refractivity contribution in [2.75, 3.05) is 13.1 Å². The molecule has 1 aromatic carbocycles. The molecule has 146 valence electrons. The van der Waals surface area contributed by atoms with Crippen LogP contribution in [0.5, 0.6) is 0 Å². The Morgan fingerprint density at radius 1 is 1.22 bits per heavy atom. The molecule has 27 heavy (non-hydrogen) atoms. The van der Waals surface area contributed by atoms with Crippen LogP contribution in [0.2, 0.25) is 0 Å². The lowest BCUT2D eigenvalue weighted by atomic mass is 9.93. The van der Waals surface area contributed by atoms with Gasteiger partial charge in [0.1, 0.15) is 0 Å². The van der Waals surface area contributed by atoms with Crippen LogP contribution < -0.4 is 5.32 Å². The number of likely N-dealkylation sites (tertiary alicyclic amines) is 1. The number of nitrogens with zero attached hydrogens (tertiary/aromatic N) is 2. The van der Waals surface area contributed by atoms with Crippen LogP contribution in [-0.4, -0.2) is 34.5 Å². The summed E-state index contributed by atoms with van der Waals surface area (Å²) in [5.41, 5.74) is 2.78. The first kappa shape index (κ1) is 18.5. The predicted molar refractivity (Wildman–Crippen MR) is 111 cm³/mol. The Kier molecular flexibility index (Phi) is 5.53. The van der Waals surface area contributed by atoms with Gasteiger partial charge in [-0.05, 0) is 70.0 Å². The zero-order valence-corrected chi connectivity index (χ0v) is 16.8. The van der Waals surface area contributed by atoms with Gasteiger partial charge in [-0.1, -0.05) is 18.2 Å². The van der Waals surface area contributed by atoms with Gasteiger partial charge in [0.05, 0.1) is 0 Å². The Morgan fingerprint density at radius 2 is 2.04 bits per heavy atom. The summed E-state index contributed by atoms with van der Waals surface area (Å²) in [6.45, 7) is 7.81. The van der Waals surface area contributed by atoms with Crippen LogP contribution in [0.25, 0.3) is 10.9 Å². The number of benzene rings is 1. The zero-order valence-electron chi connectivity index (χ0n) is 16.8. The van der Waals surface area contributed by atoms with E-state index in [-0.39, 0.29) is 5.91 Å². The molecule has 1 saturated heterocycles. The third kappa shape index (κ3) is 4.55. The van der Waals surface area contributed by atoms with Gasteiger partial charge < -0.3 is 9.88 Å². The van der Waals surface area contributed by atoms with E-state index in [2.05, 4.69) is 59.1 Å². The van der Waals surface area contributed by atoms with Crippen molar-refractivity contribution in [2.45, 2.75) is 71.0 Å². The van der Waals surface area contributed by atoms with Gasteiger partial charge >= 0.3 is 0 Å². The molecule has 2 heterocycles. The highest BCUT2D eigenvalue weighted by atomic mass is 16.1. The predicted octanol–water partition coefficient (Wildman–Crippen LogP) is 4.49. The second-order valence-electron chi connectivity index (χ2n) is 8.80. The molecule has 1 aromatic heterocycles. The van der Waals surface area contributed by atoms with E-state index in [1.807, 2.05) is 0 Å². The molecule has 1 aliphatic carbocycles. The van der Waals surface area contributed by atoms with E-state index in [4.69, 9.17) is 0 Å². The third-order valence-corrected chi connectivity index (χ3v) is 6.10. The Bertz CT molecular complexity index is 790. The van der Waals surface area contributed by atoms with E-state index in [9.17, 15) is 4.79 Å². The molecular formula is C23H33N3O. The Morgan fingerprint density at radius 3 is 2.81 bits per heavy atom. The first-order chi connectivity index (χ1) is 13.1. The van der Waals surface area contributed by atoms with E-state index in [1.54, 1.807) is 0 Å². The molecule has 0 bridgehead atoms. The third-order valence-electron chi connectivity index (χ3n) is 6.10. The largest absolute Gasteiger partial charge is 0.353 e. The highest BCUT2D eigenvalue weighted by Gasteiger charge is 2.25. The van der Waals surface area contributed by atoms with Gasteiger partial charge in [0, 0.05) is 48.7 Å². The topological polar surface area (TPSA) is 37.3 Å². The number of hydrogen-bond acceptors (Lipinski definition) is 2. The average Bonchev–Trinajstić information content (AvgIpc) is 3.40. The number of piperidine rings is 1. The summed E-state index contributed by atoms with van der Waals surface area (Å²) in [5.74, 6) is 0.914. The summed E-state index contributed by atoms with van der Waals surface area (Å²) >= 11 is 0. The normalized spacial score (nSPS) is 21.1. The molecule has 4 rings (SSSR count). The van der Waals surface area contributed by atoms with Crippen LogP contribution in [0.15, 0.2) is 30.5 Å². The van der Waals surface area contributed by atoms with Gasteiger partial charge in [-0.15, -0.1) is 0 Å². The summed E-state index contributed by atoms with van der Waals surface area (Å²) in [6.07, 6.45) is 8.94. The van der Waals surface area contributed by atoms with Crippen LogP contribution in [0.1, 0.15) is 64.0 Å². The fraction of sp³-hybridized carbons (Fsp3) is 0.609. The quantitative estimate of drug-likeness (QED) is 0.783. The molecule has 4 nitrogen and oxygen atoms in total. The lowest BCUT2D eigenvalue weighted by Gasteiger charge is -2.32. The lowest BCUT2D eigenvalue weighted by molar-refractivity contribution is -0.121. The maximum Gasteiger partial charge on any atom is 0.220 e. The van der Waals surface area contributed by atoms with Crippen molar-refractivity contribution in [2.24, 2.45) is 5.92 Å². The molecule has 0 unspecified atom stereocenters. The van der Waals surface area contributed by atoms with Crippen LogP contribution in [0.3, 0.4) is 0 Å². The van der Waals surface area contributed by atoms with Crippen molar-refractivity contribution < 1.29 is 4.79 Å². The molecule has 2 aliphatic rings. The van der Waals surface area contributed by atoms with Gasteiger partial charge in [-0.3, -0.25) is 9.69 Å². The molecule has 1 saturated carbocycles. The van der Waals surface area contributed by atoms with Gasteiger partial charge in [0.25, 0.3) is 0 Å². The monoisotopic (exact) mass is 367 g/mol. The van der Waals surface area contributed by atoms with Gasteiger partial charge in [-0.25, -0.2) is 0 Å². The highest BCUT2D eigenvalue weighted by Crippen LogP contribution is 2.28. The zero-order chi connectivity index (χ0) is 18.8. The molecule has 0 radical (unpaired) electrons. The molecule has 2 aromatic rings. The minimum Gasteiger partial charge on any atom is -0.353 e. The number of hydrogen-bond donors (Lipinski definition) is 1. The Labute approximate surface area is 162 Å². The van der Waals surface area contributed by atoms with E-state index in [0.717, 1.165) is 19.5 Å². The number of rotatable bonds is 7. The molecule has 4 heteroatoms. The smallest absolute Gasteiger partial charge is 0.220 e. The maximum absolute atomic E-state index is 12.0. The first-order valence-electron chi connectivity index (χ1n) is 10.7. The summed E-state index contributed by atoms with van der Waals surface area (Å²) in [6, 6.07) is 9.73. The molecule has 1 N–H and O–H groups in total. The number of amides is 1. The molecule has 1 aliphatic heterocycles. The van der Waals surface area contributed by atoms with E-state index in [1.165, 1.54) is 48.7 Å². The van der Waals surface area contributed by atoms with Gasteiger partial charge in [-0.2, -0.15) is 0 Å². The molecule has 2 fully saturated rings. The lowest BCUT2D eigenvalue weighted by Crippen LogP contribution is -2.35. The summed E-state index contributed by atoms with van der Waals surface area (Å²) in [4.78, 5) is 14.6. The van der Waals surface area contributed by atoms with Crippen molar-refractivity contribution in [3.8, 4) is 0 Å². The number of fused-ring (bicyclic) bond motifs is 1. The summed E-state index contributed by atoms with van der Waals surface area (Å²) in [7, 11) is 0. The van der Waals surface area contributed by atoms with E-state index >= 15 is 0 Å². The summed E-state index contributed by atoms with van der Waals surface area (Å²) < 4.78 is 2.40. The first-order valence-corrected chi connectivity index (χ1v) is 10.7. The van der Waals surface area contributed by atoms with Crippen LogP contribution in [0.4, 0.5) is 0 Å². The van der Waals surface area contributed by atoms with Crippen LogP contribution >= 0.6 is 0 Å². The van der Waals surface area contributed by atoms with Crippen molar-refractivity contribution in [3.63, 3.8) is 0 Å². The fourth-order valence-electron chi connectivity index (χ4n) is 4.46. The van der Waals surface area contributed by atoms with Crippen molar-refractivity contribution in [3.05, 3.63) is 36.0 Å². The number of nitrogens with one attached hydrogen (secondary N) is 1. The standard InChI is InChI=1S/C23H33N3O/c1-17(2)26-16-19(21-7-3-4-8-22(21)26)15-25-13-5-6-18(14-25)9-12-23(27)24-20-10-11-20/h3-4,7-8,16-18,20H,5-6,9-15H2,1-2H3,(H,24,27)/t18-/m1/s1. The Balaban J connectivity index is 1.37. The molecule has 1 amide bonds. The number of carbonyl (C=O) groups excluding carboxylic acids is 1. The van der Waals surface area contributed by atoms with Crippen molar-refractivity contribution in [1.29, 1.82) is 0 Å². The minimum atomic E-state index is 0.259. The van der Waals surface area contributed by atoms with E-state index < -0.39 is 0 Å². The average molecular weight is 368 g/mol. The molecule has 1 atom stereocenters. The second-order valence-corrected chi connectivity index (χ2v) is 8.80. The maximum atomic E-state index is 12.0. The van der Waals surface area contributed by atoms with Gasteiger partial charge in [0.15, 0.2) is 0 Å².